The summed E-state index contributed by atoms with van der Waals surface area (Å²) in [6, 6.07) is 4.58. The van der Waals surface area contributed by atoms with Crippen molar-refractivity contribution < 1.29 is 9.90 Å². The molecule has 0 spiro atoms. The first kappa shape index (κ1) is 17.7. The molecule has 0 radical (unpaired) electrons. The number of hydrogen-bond acceptors (Lipinski definition) is 5. The van der Waals surface area contributed by atoms with Gasteiger partial charge in [-0.1, -0.05) is 0 Å². The van der Waals surface area contributed by atoms with Crippen LogP contribution in [0.2, 0.25) is 0 Å². The highest BCUT2D eigenvalue weighted by molar-refractivity contribution is 8.01. The zero-order valence-electron chi connectivity index (χ0n) is 14.8. The lowest BCUT2D eigenvalue weighted by Gasteiger charge is -2.12. The van der Waals surface area contributed by atoms with Crippen molar-refractivity contribution in [2.45, 2.75) is 50.2 Å². The van der Waals surface area contributed by atoms with Gasteiger partial charge in [-0.3, -0.25) is 10.1 Å². The van der Waals surface area contributed by atoms with Crippen LogP contribution in [0.5, 0.6) is 0 Å². The lowest BCUT2D eigenvalue weighted by atomic mass is 9.96. The van der Waals surface area contributed by atoms with Crippen molar-refractivity contribution in [3.05, 3.63) is 39.0 Å². The summed E-state index contributed by atoms with van der Waals surface area (Å²) in [6.07, 6.45) is 4.43. The monoisotopic (exact) mass is 387 g/mol. The molecule has 2 N–H and O–H groups in total. The molecule has 0 unspecified atom stereocenters. The second-order valence-electron chi connectivity index (χ2n) is 6.92. The number of carboxylic acids is 1. The molecule has 0 saturated carbocycles. The van der Waals surface area contributed by atoms with Crippen molar-refractivity contribution in [1.29, 1.82) is 5.26 Å². The minimum Gasteiger partial charge on any atom is -0.480 e. The number of nitriles is 1. The van der Waals surface area contributed by atoms with E-state index in [4.69, 9.17) is 0 Å². The van der Waals surface area contributed by atoms with Crippen LogP contribution in [-0.2, 0) is 17.6 Å². The van der Waals surface area contributed by atoms with Crippen LogP contribution in [0.1, 0.15) is 51.2 Å². The van der Waals surface area contributed by atoms with Gasteiger partial charge in [0.25, 0.3) is 0 Å². The van der Waals surface area contributed by atoms with E-state index in [1.165, 1.54) is 28.6 Å². The number of rotatable bonds is 3. The standard InChI is InChI=1S/C19H21N3O2S2/c1-10-7-13(17-21-9-16(25-17)19(23)24)11(2)22(10)18-14(8-20)12-5-3-4-6-15(12)26-18/h7,16-17,21H,3-6,9H2,1-2H3,(H,23,24)/t16-,17+/m0/s1. The van der Waals surface area contributed by atoms with Gasteiger partial charge in [-0.25, -0.2) is 0 Å². The summed E-state index contributed by atoms with van der Waals surface area (Å²) in [7, 11) is 0. The Morgan fingerprint density at radius 3 is 2.85 bits per heavy atom. The molecule has 2 atom stereocenters. The molecule has 0 amide bonds. The molecular weight excluding hydrogens is 366 g/mol. The van der Waals surface area contributed by atoms with Crippen molar-refractivity contribution in [3.8, 4) is 11.1 Å². The largest absolute Gasteiger partial charge is 0.480 e. The van der Waals surface area contributed by atoms with E-state index < -0.39 is 11.2 Å². The quantitative estimate of drug-likeness (QED) is 0.840. The summed E-state index contributed by atoms with van der Waals surface area (Å²) < 4.78 is 2.19. The topological polar surface area (TPSA) is 78.0 Å². The van der Waals surface area contributed by atoms with Gasteiger partial charge in [0, 0.05) is 28.4 Å². The second-order valence-corrected chi connectivity index (χ2v) is 9.31. The SMILES string of the molecule is Cc1cc([C@@H]2NC[C@@H](C(=O)O)S2)c(C)n1-c1sc2c(c1C#N)CCCC2. The van der Waals surface area contributed by atoms with Crippen LogP contribution in [-0.4, -0.2) is 27.4 Å². The molecular formula is C19H21N3O2S2. The number of aliphatic carboxylic acids is 1. The van der Waals surface area contributed by atoms with Gasteiger partial charge >= 0.3 is 5.97 Å². The third kappa shape index (κ3) is 2.77. The van der Waals surface area contributed by atoms with Gasteiger partial charge < -0.3 is 9.67 Å². The first-order valence-electron chi connectivity index (χ1n) is 8.86. The number of carboxylic acid groups (broad SMARTS) is 1. The maximum Gasteiger partial charge on any atom is 0.318 e. The Morgan fingerprint density at radius 2 is 2.15 bits per heavy atom. The average molecular weight is 388 g/mol. The Hall–Kier alpha value is -1.75. The van der Waals surface area contributed by atoms with E-state index >= 15 is 0 Å². The van der Waals surface area contributed by atoms with Crippen LogP contribution < -0.4 is 5.32 Å². The Bertz CT molecular complexity index is 922. The maximum absolute atomic E-state index is 11.3. The van der Waals surface area contributed by atoms with E-state index in [2.05, 4.69) is 35.9 Å². The first-order valence-corrected chi connectivity index (χ1v) is 10.6. The van der Waals surface area contributed by atoms with E-state index in [0.717, 1.165) is 46.8 Å². The van der Waals surface area contributed by atoms with Gasteiger partial charge in [0.2, 0.25) is 0 Å². The van der Waals surface area contributed by atoms with Crippen LogP contribution in [0.15, 0.2) is 6.07 Å². The van der Waals surface area contributed by atoms with Crippen LogP contribution in [0.3, 0.4) is 0 Å². The number of nitrogens with one attached hydrogen (secondary N) is 1. The van der Waals surface area contributed by atoms with Crippen molar-refractivity contribution in [1.82, 2.24) is 9.88 Å². The normalized spacial score (nSPS) is 22.2. The molecule has 26 heavy (non-hydrogen) atoms. The molecule has 5 nitrogen and oxygen atoms in total. The number of fused-ring (bicyclic) bond motifs is 1. The van der Waals surface area contributed by atoms with E-state index in [1.807, 2.05) is 0 Å². The molecule has 1 saturated heterocycles. The van der Waals surface area contributed by atoms with Crippen molar-refractivity contribution in [2.75, 3.05) is 6.54 Å². The summed E-state index contributed by atoms with van der Waals surface area (Å²) >= 11 is 3.20. The predicted octanol–water partition coefficient (Wildman–Crippen LogP) is 3.69. The minimum absolute atomic E-state index is 0.0174. The van der Waals surface area contributed by atoms with Crippen LogP contribution in [0.4, 0.5) is 0 Å². The van der Waals surface area contributed by atoms with E-state index in [-0.39, 0.29) is 5.37 Å². The zero-order chi connectivity index (χ0) is 18.4. The molecule has 1 fully saturated rings. The predicted molar refractivity (Wildman–Crippen MR) is 104 cm³/mol. The van der Waals surface area contributed by atoms with E-state index in [1.54, 1.807) is 11.3 Å². The highest BCUT2D eigenvalue weighted by atomic mass is 32.2. The van der Waals surface area contributed by atoms with Gasteiger partial charge in [0.05, 0.1) is 10.9 Å². The van der Waals surface area contributed by atoms with Crippen molar-refractivity contribution >= 4 is 29.1 Å². The number of carbonyl (C=O) groups is 1. The first-order chi connectivity index (χ1) is 12.5. The van der Waals surface area contributed by atoms with Gasteiger partial charge in [0.15, 0.2) is 0 Å². The molecule has 0 bridgehead atoms. The Morgan fingerprint density at radius 1 is 1.38 bits per heavy atom. The zero-order valence-corrected chi connectivity index (χ0v) is 16.5. The number of aryl methyl sites for hydroxylation is 2. The van der Waals surface area contributed by atoms with Crippen LogP contribution in [0.25, 0.3) is 5.00 Å². The number of nitrogens with zero attached hydrogens (tertiary/aromatic N) is 2. The highest BCUT2D eigenvalue weighted by Gasteiger charge is 2.33. The average Bonchev–Trinajstić information content (AvgIpc) is 3.30. The number of thioether (sulfide) groups is 1. The Balaban J connectivity index is 1.76. The molecule has 1 aliphatic carbocycles. The molecule has 4 rings (SSSR count). The fraction of sp³-hybridized carbons (Fsp3) is 0.474. The van der Waals surface area contributed by atoms with Crippen molar-refractivity contribution in [2.24, 2.45) is 0 Å². The summed E-state index contributed by atoms with van der Waals surface area (Å²) in [5.41, 5.74) is 5.37. The van der Waals surface area contributed by atoms with Gasteiger partial charge in [0.1, 0.15) is 16.3 Å². The fourth-order valence-corrected chi connectivity index (χ4v) is 6.66. The molecule has 7 heteroatoms. The van der Waals surface area contributed by atoms with E-state index in [9.17, 15) is 15.2 Å². The second kappa shape index (κ2) is 6.76. The maximum atomic E-state index is 11.3. The summed E-state index contributed by atoms with van der Waals surface area (Å²) in [5, 5.41) is 22.9. The van der Waals surface area contributed by atoms with Gasteiger partial charge in [-0.2, -0.15) is 5.26 Å². The number of aromatic nitrogens is 1. The molecule has 136 valence electrons. The number of thiophene rings is 1. The molecule has 1 aliphatic heterocycles. The van der Waals surface area contributed by atoms with Gasteiger partial charge in [-0.15, -0.1) is 23.1 Å². The van der Waals surface area contributed by atoms with Crippen LogP contribution in [0, 0.1) is 25.2 Å². The Kier molecular flexibility index (Phi) is 4.59. The molecule has 3 heterocycles. The lowest BCUT2D eigenvalue weighted by molar-refractivity contribution is -0.136. The van der Waals surface area contributed by atoms with Crippen LogP contribution >= 0.6 is 23.1 Å². The minimum atomic E-state index is -0.767. The summed E-state index contributed by atoms with van der Waals surface area (Å²) in [5.74, 6) is -0.767. The Labute approximate surface area is 161 Å². The molecule has 0 aromatic carbocycles. The summed E-state index contributed by atoms with van der Waals surface area (Å²) in [6.45, 7) is 4.61. The third-order valence-electron chi connectivity index (χ3n) is 5.28. The molecule has 2 aliphatic rings. The van der Waals surface area contributed by atoms with Crippen molar-refractivity contribution in [3.63, 3.8) is 0 Å². The molecule has 2 aromatic heterocycles. The van der Waals surface area contributed by atoms with E-state index in [0.29, 0.717) is 6.54 Å². The molecule has 2 aromatic rings. The fourth-order valence-electron chi connectivity index (χ4n) is 3.99. The smallest absolute Gasteiger partial charge is 0.318 e. The highest BCUT2D eigenvalue weighted by Crippen LogP contribution is 2.42. The lowest BCUT2D eigenvalue weighted by Crippen LogP contribution is -2.21. The van der Waals surface area contributed by atoms with Gasteiger partial charge in [-0.05, 0) is 51.2 Å². The summed E-state index contributed by atoms with van der Waals surface area (Å²) in [4.78, 5) is 12.6. The number of hydrogen-bond donors (Lipinski definition) is 2. The third-order valence-corrected chi connectivity index (χ3v) is 7.95.